The first-order valence-corrected chi connectivity index (χ1v) is 9.38. The summed E-state index contributed by atoms with van der Waals surface area (Å²) in [4.78, 5) is 12.5. The standard InChI is InChI=1S/C22H21N3O4/c1-4-27-17-7-5-6-16-11-18(28-20(16)17)21(26)23-22-25-24-19(29-22)12-15-9-8-13(2)10-14(15)3/h5-11H,4,12H2,1-3H3,(H,23,25,26). The van der Waals surface area contributed by atoms with E-state index in [4.69, 9.17) is 13.6 Å². The van der Waals surface area contributed by atoms with Gasteiger partial charge in [-0.2, -0.15) is 0 Å². The van der Waals surface area contributed by atoms with Gasteiger partial charge in [0.1, 0.15) is 0 Å². The molecule has 0 saturated heterocycles. The molecule has 0 bridgehead atoms. The van der Waals surface area contributed by atoms with E-state index >= 15 is 0 Å². The van der Waals surface area contributed by atoms with Gasteiger partial charge in [-0.25, -0.2) is 0 Å². The van der Waals surface area contributed by atoms with Crippen molar-refractivity contribution in [2.24, 2.45) is 0 Å². The van der Waals surface area contributed by atoms with Gasteiger partial charge in [0.25, 0.3) is 5.91 Å². The molecule has 0 fully saturated rings. The van der Waals surface area contributed by atoms with E-state index in [0.717, 1.165) is 16.5 Å². The highest BCUT2D eigenvalue weighted by molar-refractivity contribution is 6.04. The van der Waals surface area contributed by atoms with Gasteiger partial charge in [-0.05, 0) is 44.0 Å². The molecule has 2 aromatic carbocycles. The predicted molar refractivity (Wildman–Crippen MR) is 108 cm³/mol. The molecule has 0 unspecified atom stereocenters. The minimum atomic E-state index is -0.467. The molecule has 0 radical (unpaired) electrons. The number of nitrogens with zero attached hydrogens (tertiary/aromatic N) is 2. The number of aryl methyl sites for hydroxylation is 2. The summed E-state index contributed by atoms with van der Waals surface area (Å²) in [5.41, 5.74) is 3.97. The van der Waals surface area contributed by atoms with Crippen LogP contribution in [0.1, 0.15) is 40.1 Å². The van der Waals surface area contributed by atoms with Crippen molar-refractivity contribution in [1.29, 1.82) is 0 Å². The third kappa shape index (κ3) is 3.99. The van der Waals surface area contributed by atoms with E-state index in [-0.39, 0.29) is 11.8 Å². The van der Waals surface area contributed by atoms with Crippen molar-refractivity contribution in [3.8, 4) is 5.75 Å². The van der Waals surface area contributed by atoms with Crippen molar-refractivity contribution in [2.75, 3.05) is 11.9 Å². The molecular weight excluding hydrogens is 370 g/mol. The van der Waals surface area contributed by atoms with Crippen LogP contribution in [-0.2, 0) is 6.42 Å². The number of rotatable bonds is 6. The smallest absolute Gasteiger partial charge is 0.322 e. The first-order valence-electron chi connectivity index (χ1n) is 9.38. The Labute approximate surface area is 167 Å². The summed E-state index contributed by atoms with van der Waals surface area (Å²) in [6.45, 7) is 6.49. The lowest BCUT2D eigenvalue weighted by atomic mass is 10.0. The van der Waals surface area contributed by atoms with Crippen LogP contribution in [0.15, 0.2) is 51.3 Å². The Morgan fingerprint density at radius 2 is 1.97 bits per heavy atom. The molecule has 4 rings (SSSR count). The highest BCUT2D eigenvalue weighted by Gasteiger charge is 2.18. The van der Waals surface area contributed by atoms with Gasteiger partial charge in [-0.1, -0.05) is 41.0 Å². The lowest BCUT2D eigenvalue weighted by Crippen LogP contribution is -2.11. The topological polar surface area (TPSA) is 90.4 Å². The number of ether oxygens (including phenoxy) is 1. The number of hydrogen-bond acceptors (Lipinski definition) is 6. The second-order valence-electron chi connectivity index (χ2n) is 6.78. The maximum atomic E-state index is 12.5. The minimum Gasteiger partial charge on any atom is -0.490 e. The minimum absolute atomic E-state index is 0.0280. The fourth-order valence-electron chi connectivity index (χ4n) is 3.16. The van der Waals surface area contributed by atoms with Crippen LogP contribution in [0.3, 0.4) is 0 Å². The van der Waals surface area contributed by atoms with Crippen molar-refractivity contribution in [2.45, 2.75) is 27.2 Å². The molecule has 1 amide bonds. The summed E-state index contributed by atoms with van der Waals surface area (Å²) >= 11 is 0. The van der Waals surface area contributed by atoms with E-state index in [2.05, 4.69) is 21.6 Å². The van der Waals surface area contributed by atoms with Crippen LogP contribution in [0, 0.1) is 13.8 Å². The number of carbonyl (C=O) groups is 1. The molecule has 4 aromatic rings. The Hall–Kier alpha value is -3.61. The average molecular weight is 391 g/mol. The summed E-state index contributed by atoms with van der Waals surface area (Å²) in [5.74, 6) is 0.694. The Morgan fingerprint density at radius 3 is 2.76 bits per heavy atom. The van der Waals surface area contributed by atoms with Gasteiger partial charge in [-0.3, -0.25) is 10.1 Å². The molecule has 148 valence electrons. The molecule has 0 aliphatic heterocycles. The SMILES string of the molecule is CCOc1cccc2cc(C(=O)Nc3nnc(Cc4ccc(C)cc4C)o3)oc12. The van der Waals surface area contributed by atoms with Crippen molar-refractivity contribution in [3.05, 3.63) is 70.8 Å². The number of aromatic nitrogens is 2. The maximum absolute atomic E-state index is 12.5. The maximum Gasteiger partial charge on any atom is 0.322 e. The van der Waals surface area contributed by atoms with Gasteiger partial charge in [0.2, 0.25) is 5.89 Å². The van der Waals surface area contributed by atoms with Gasteiger partial charge >= 0.3 is 6.01 Å². The molecule has 0 aliphatic carbocycles. The molecule has 29 heavy (non-hydrogen) atoms. The fraction of sp³-hybridized carbons (Fsp3) is 0.227. The van der Waals surface area contributed by atoms with Crippen molar-refractivity contribution >= 4 is 22.9 Å². The second kappa shape index (κ2) is 7.79. The van der Waals surface area contributed by atoms with Crippen LogP contribution in [0.5, 0.6) is 5.75 Å². The normalized spacial score (nSPS) is 11.0. The van der Waals surface area contributed by atoms with Gasteiger partial charge in [0.15, 0.2) is 17.1 Å². The van der Waals surface area contributed by atoms with E-state index < -0.39 is 5.91 Å². The molecular formula is C22H21N3O4. The number of hydrogen-bond donors (Lipinski definition) is 1. The number of carbonyl (C=O) groups excluding carboxylic acids is 1. The first-order chi connectivity index (χ1) is 14.0. The number of benzene rings is 2. The van der Waals surface area contributed by atoms with Crippen LogP contribution < -0.4 is 10.1 Å². The summed E-state index contributed by atoms with van der Waals surface area (Å²) in [7, 11) is 0. The first kappa shape index (κ1) is 18.7. The Balaban J connectivity index is 1.49. The van der Waals surface area contributed by atoms with Crippen molar-refractivity contribution < 1.29 is 18.4 Å². The summed E-state index contributed by atoms with van der Waals surface area (Å²) < 4.78 is 16.8. The second-order valence-corrected chi connectivity index (χ2v) is 6.78. The molecule has 1 N–H and O–H groups in total. The molecule has 0 spiro atoms. The Morgan fingerprint density at radius 1 is 1.10 bits per heavy atom. The van der Waals surface area contributed by atoms with Crippen molar-refractivity contribution in [3.63, 3.8) is 0 Å². The lowest BCUT2D eigenvalue weighted by molar-refractivity contribution is 0.0995. The van der Waals surface area contributed by atoms with Crippen LogP contribution in [0.25, 0.3) is 11.0 Å². The highest BCUT2D eigenvalue weighted by Crippen LogP contribution is 2.29. The average Bonchev–Trinajstić information content (AvgIpc) is 3.32. The predicted octanol–water partition coefficient (Wildman–Crippen LogP) is 4.67. The molecule has 0 atom stereocenters. The fourth-order valence-corrected chi connectivity index (χ4v) is 3.16. The number of furan rings is 1. The third-order valence-corrected chi connectivity index (χ3v) is 4.56. The highest BCUT2D eigenvalue weighted by atomic mass is 16.5. The largest absolute Gasteiger partial charge is 0.490 e. The van der Waals surface area contributed by atoms with E-state index in [1.165, 1.54) is 5.56 Å². The number of fused-ring (bicyclic) bond motifs is 1. The van der Waals surface area contributed by atoms with Gasteiger partial charge in [0.05, 0.1) is 13.0 Å². The van der Waals surface area contributed by atoms with E-state index in [0.29, 0.717) is 30.3 Å². The molecule has 7 heteroatoms. The number of amides is 1. The molecule has 0 saturated carbocycles. The molecule has 7 nitrogen and oxygen atoms in total. The van der Waals surface area contributed by atoms with Gasteiger partial charge < -0.3 is 13.6 Å². The Bertz CT molecular complexity index is 1180. The number of anilines is 1. The van der Waals surface area contributed by atoms with Crippen LogP contribution in [0.2, 0.25) is 0 Å². The zero-order valence-corrected chi connectivity index (χ0v) is 16.5. The van der Waals surface area contributed by atoms with Crippen LogP contribution in [0.4, 0.5) is 6.01 Å². The van der Waals surface area contributed by atoms with Gasteiger partial charge in [-0.15, -0.1) is 5.10 Å². The Kier molecular flexibility index (Phi) is 5.03. The summed E-state index contributed by atoms with van der Waals surface area (Å²) in [5, 5.41) is 11.3. The monoisotopic (exact) mass is 391 g/mol. The van der Waals surface area contributed by atoms with E-state index in [1.54, 1.807) is 12.1 Å². The third-order valence-electron chi connectivity index (χ3n) is 4.56. The lowest BCUT2D eigenvalue weighted by Gasteiger charge is -2.03. The van der Waals surface area contributed by atoms with Crippen LogP contribution in [-0.4, -0.2) is 22.7 Å². The van der Waals surface area contributed by atoms with E-state index in [9.17, 15) is 4.79 Å². The van der Waals surface area contributed by atoms with E-state index in [1.807, 2.05) is 45.0 Å². The molecule has 2 heterocycles. The molecule has 2 aromatic heterocycles. The summed E-state index contributed by atoms with van der Waals surface area (Å²) in [6.07, 6.45) is 0.497. The van der Waals surface area contributed by atoms with Gasteiger partial charge in [0, 0.05) is 5.39 Å². The molecule has 0 aliphatic rings. The van der Waals surface area contributed by atoms with Crippen molar-refractivity contribution in [1.82, 2.24) is 10.2 Å². The zero-order valence-electron chi connectivity index (χ0n) is 16.5. The summed E-state index contributed by atoms with van der Waals surface area (Å²) in [6, 6.07) is 13.4. The number of nitrogens with one attached hydrogen (secondary N) is 1. The van der Waals surface area contributed by atoms with Crippen LogP contribution >= 0.6 is 0 Å². The number of para-hydroxylation sites is 1. The zero-order chi connectivity index (χ0) is 20.4. The quantitative estimate of drug-likeness (QED) is 0.513.